The van der Waals surface area contributed by atoms with Crippen molar-refractivity contribution in [3.8, 4) is 0 Å². The van der Waals surface area contributed by atoms with Gasteiger partial charge in [-0.25, -0.2) is 9.98 Å². The van der Waals surface area contributed by atoms with E-state index in [0.717, 1.165) is 58.8 Å². The number of nitrogens with zero attached hydrogens (tertiary/aromatic N) is 2. The number of amidine groups is 2. The van der Waals surface area contributed by atoms with Gasteiger partial charge in [0.15, 0.2) is 6.17 Å². The van der Waals surface area contributed by atoms with Gasteiger partial charge in [0.2, 0.25) is 0 Å². The molecule has 0 saturated carbocycles. The Morgan fingerprint density at radius 2 is 2.00 bits per heavy atom. The number of hydrogen-bond donors (Lipinski definition) is 1. The molecule has 164 valence electrons. The van der Waals surface area contributed by atoms with Crippen LogP contribution in [0.2, 0.25) is 0 Å². The summed E-state index contributed by atoms with van der Waals surface area (Å²) < 4.78 is 0. The maximum Gasteiger partial charge on any atom is 0.169 e. The van der Waals surface area contributed by atoms with Gasteiger partial charge in [-0.05, 0) is 60.6 Å². The summed E-state index contributed by atoms with van der Waals surface area (Å²) in [5, 5.41) is 3.99. The minimum Gasteiger partial charge on any atom is -0.325 e. The Labute approximate surface area is 196 Å². The lowest BCUT2D eigenvalue weighted by Crippen LogP contribution is -2.37. The van der Waals surface area contributed by atoms with E-state index in [-0.39, 0.29) is 6.17 Å². The average molecular weight is 444 g/mol. The molecule has 4 heteroatoms. The van der Waals surface area contributed by atoms with E-state index in [1.807, 2.05) is 43.4 Å². The summed E-state index contributed by atoms with van der Waals surface area (Å²) in [6.07, 6.45) is 16.8. The molecule has 1 heterocycles. The van der Waals surface area contributed by atoms with Gasteiger partial charge in [0, 0.05) is 10.6 Å². The molecular weight excluding hydrogens is 414 g/mol. The maximum atomic E-state index is 6.02. The lowest BCUT2D eigenvalue weighted by Gasteiger charge is -2.25. The van der Waals surface area contributed by atoms with Crippen LogP contribution < -0.4 is 5.32 Å². The van der Waals surface area contributed by atoms with Crippen molar-refractivity contribution in [1.29, 1.82) is 0 Å². The minimum absolute atomic E-state index is 0.291. The van der Waals surface area contributed by atoms with Crippen LogP contribution in [0, 0.1) is 0 Å². The molecule has 0 saturated heterocycles. The standard InChI is InChI=1S/C28H30ClN3/c1-5-12-22(13-6-2)26-30-27(23-14-9-8-10-15-23)32-28(31-26)25-17-11-16-24(19-25)21(7-3)18-20(4)29/h5,7-10,12-16,18-19,27H,3-4,6,11,17H2,1-2H3,(H,30,31,32)/b12-5-,21-18+,22-13+. The van der Waals surface area contributed by atoms with E-state index in [2.05, 4.69) is 61.8 Å². The summed E-state index contributed by atoms with van der Waals surface area (Å²) >= 11 is 6.02. The molecule has 1 aliphatic heterocycles. The molecule has 0 aromatic heterocycles. The SMILES string of the molecule is C=C/C(=C\C(=C)Cl)C1=CCCC(C2=NC(c3ccccc3)N=C(C(/C=C\C)=C/CC)N2)=C1. The van der Waals surface area contributed by atoms with Crippen LogP contribution >= 0.6 is 11.6 Å². The first kappa shape index (κ1) is 23.5. The predicted molar refractivity (Wildman–Crippen MR) is 139 cm³/mol. The van der Waals surface area contributed by atoms with E-state index in [1.165, 1.54) is 0 Å². The first-order chi connectivity index (χ1) is 15.5. The van der Waals surface area contributed by atoms with Gasteiger partial charge in [-0.15, -0.1) is 0 Å². The van der Waals surface area contributed by atoms with Crippen molar-refractivity contribution in [3.05, 3.63) is 119 Å². The smallest absolute Gasteiger partial charge is 0.169 e. The van der Waals surface area contributed by atoms with E-state index in [1.54, 1.807) is 0 Å². The van der Waals surface area contributed by atoms with E-state index in [4.69, 9.17) is 21.6 Å². The van der Waals surface area contributed by atoms with Gasteiger partial charge in [-0.2, -0.15) is 0 Å². The van der Waals surface area contributed by atoms with E-state index >= 15 is 0 Å². The zero-order valence-corrected chi connectivity index (χ0v) is 19.6. The summed E-state index contributed by atoms with van der Waals surface area (Å²) in [6.45, 7) is 11.9. The van der Waals surface area contributed by atoms with Gasteiger partial charge in [-0.3, -0.25) is 0 Å². The summed E-state index contributed by atoms with van der Waals surface area (Å²) in [7, 11) is 0. The molecule has 2 aliphatic rings. The van der Waals surface area contributed by atoms with Crippen molar-refractivity contribution >= 4 is 23.3 Å². The molecule has 1 aliphatic carbocycles. The summed E-state index contributed by atoms with van der Waals surface area (Å²) in [5.74, 6) is 1.70. The van der Waals surface area contributed by atoms with Crippen molar-refractivity contribution < 1.29 is 0 Å². The second-order valence-electron chi connectivity index (χ2n) is 7.55. The Bertz CT molecular complexity index is 1080. The van der Waals surface area contributed by atoms with E-state index < -0.39 is 0 Å². The van der Waals surface area contributed by atoms with E-state index in [0.29, 0.717) is 5.03 Å². The molecule has 0 fully saturated rings. The highest BCUT2D eigenvalue weighted by molar-refractivity contribution is 6.31. The van der Waals surface area contributed by atoms with Crippen molar-refractivity contribution in [2.24, 2.45) is 9.98 Å². The number of allylic oxidation sites excluding steroid dienone is 9. The zero-order valence-electron chi connectivity index (χ0n) is 18.8. The van der Waals surface area contributed by atoms with Crippen LogP contribution in [0.3, 0.4) is 0 Å². The highest BCUT2D eigenvalue weighted by Gasteiger charge is 2.23. The fourth-order valence-electron chi connectivity index (χ4n) is 3.70. The lowest BCUT2D eigenvalue weighted by molar-refractivity contribution is 0.752. The number of nitrogens with one attached hydrogen (secondary N) is 1. The van der Waals surface area contributed by atoms with Crippen LogP contribution in [0.1, 0.15) is 44.8 Å². The molecule has 0 bridgehead atoms. The topological polar surface area (TPSA) is 36.8 Å². The number of halogens is 1. The summed E-state index contributed by atoms with van der Waals surface area (Å²) in [5.41, 5.74) is 5.30. The van der Waals surface area contributed by atoms with Crippen LogP contribution in [0.5, 0.6) is 0 Å². The third-order valence-electron chi connectivity index (χ3n) is 5.16. The minimum atomic E-state index is -0.291. The number of aliphatic imine (C=N–C) groups is 2. The van der Waals surface area contributed by atoms with Crippen molar-refractivity contribution in [2.45, 2.75) is 39.3 Å². The van der Waals surface area contributed by atoms with Gasteiger partial charge < -0.3 is 5.32 Å². The maximum absolute atomic E-state index is 6.02. The molecule has 1 aromatic carbocycles. The lowest BCUT2D eigenvalue weighted by atomic mass is 9.93. The molecule has 0 radical (unpaired) electrons. The molecule has 1 aromatic rings. The Morgan fingerprint density at radius 3 is 2.66 bits per heavy atom. The largest absolute Gasteiger partial charge is 0.325 e. The first-order valence-corrected chi connectivity index (χ1v) is 11.3. The van der Waals surface area contributed by atoms with Crippen molar-refractivity contribution in [1.82, 2.24) is 5.32 Å². The quantitative estimate of drug-likeness (QED) is 0.414. The Balaban J connectivity index is 2.04. The van der Waals surface area contributed by atoms with Crippen LogP contribution in [0.25, 0.3) is 0 Å². The highest BCUT2D eigenvalue weighted by Crippen LogP contribution is 2.29. The second kappa shape index (κ2) is 11.4. The average Bonchev–Trinajstić information content (AvgIpc) is 2.82. The molecule has 3 rings (SSSR count). The number of hydrogen-bond acceptors (Lipinski definition) is 3. The Hall–Kier alpha value is -3.17. The number of benzene rings is 1. The van der Waals surface area contributed by atoms with Crippen LogP contribution in [0.15, 0.2) is 123 Å². The molecule has 1 N–H and O–H groups in total. The van der Waals surface area contributed by atoms with Crippen LogP contribution in [-0.4, -0.2) is 11.7 Å². The summed E-state index contributed by atoms with van der Waals surface area (Å²) in [6, 6.07) is 10.2. The first-order valence-electron chi connectivity index (χ1n) is 11.0. The van der Waals surface area contributed by atoms with Crippen LogP contribution in [-0.2, 0) is 0 Å². The Kier molecular flexibility index (Phi) is 8.41. The fraction of sp³-hybridized carbons (Fsp3) is 0.214. The fourth-order valence-corrected chi connectivity index (χ4v) is 3.81. The molecule has 1 unspecified atom stereocenters. The molecular formula is C28H30ClN3. The zero-order chi connectivity index (χ0) is 22.9. The van der Waals surface area contributed by atoms with Crippen molar-refractivity contribution in [3.63, 3.8) is 0 Å². The Morgan fingerprint density at radius 1 is 1.22 bits per heavy atom. The summed E-state index contributed by atoms with van der Waals surface area (Å²) in [4.78, 5) is 9.94. The molecule has 1 atom stereocenters. The normalized spacial score (nSPS) is 19.5. The van der Waals surface area contributed by atoms with Crippen LogP contribution in [0.4, 0.5) is 0 Å². The molecule has 3 nitrogen and oxygen atoms in total. The molecule has 32 heavy (non-hydrogen) atoms. The van der Waals surface area contributed by atoms with Gasteiger partial charge in [0.05, 0.1) is 0 Å². The molecule has 0 amide bonds. The van der Waals surface area contributed by atoms with Crippen molar-refractivity contribution in [2.75, 3.05) is 0 Å². The number of rotatable bonds is 8. The van der Waals surface area contributed by atoms with Gasteiger partial charge >= 0.3 is 0 Å². The highest BCUT2D eigenvalue weighted by atomic mass is 35.5. The second-order valence-corrected chi connectivity index (χ2v) is 8.04. The molecule has 0 spiro atoms. The predicted octanol–water partition coefficient (Wildman–Crippen LogP) is 7.51. The van der Waals surface area contributed by atoms with Gasteiger partial charge in [0.25, 0.3) is 0 Å². The monoisotopic (exact) mass is 443 g/mol. The third kappa shape index (κ3) is 5.95. The third-order valence-corrected chi connectivity index (χ3v) is 5.27. The van der Waals surface area contributed by atoms with Gasteiger partial charge in [0.1, 0.15) is 11.7 Å². The van der Waals surface area contributed by atoms with Gasteiger partial charge in [-0.1, -0.05) is 92.4 Å². The van der Waals surface area contributed by atoms with E-state index in [9.17, 15) is 0 Å².